The van der Waals surface area contributed by atoms with Crippen LogP contribution in [0, 0.1) is 0 Å². The van der Waals surface area contributed by atoms with Crippen molar-refractivity contribution >= 4 is 22.5 Å². The van der Waals surface area contributed by atoms with Crippen molar-refractivity contribution in [1.82, 2.24) is 4.23 Å². The highest BCUT2D eigenvalue weighted by molar-refractivity contribution is 6.91. The molecule has 0 aliphatic carbocycles. The van der Waals surface area contributed by atoms with E-state index in [4.69, 9.17) is 0 Å². The van der Waals surface area contributed by atoms with Crippen molar-refractivity contribution in [3.05, 3.63) is 42.0 Å². The van der Waals surface area contributed by atoms with E-state index >= 15 is 0 Å². The van der Waals surface area contributed by atoms with Crippen LogP contribution in [0.3, 0.4) is 0 Å². The minimum atomic E-state index is -1.46. The van der Waals surface area contributed by atoms with Gasteiger partial charge < -0.3 is 4.23 Å². The van der Waals surface area contributed by atoms with E-state index in [0.29, 0.717) is 5.04 Å². The molecule has 0 heterocycles. The summed E-state index contributed by atoms with van der Waals surface area (Å²) >= 11 is 0. The van der Waals surface area contributed by atoms with Crippen molar-refractivity contribution < 1.29 is 0 Å². The first-order valence-corrected chi connectivity index (χ1v) is 14.8. The smallest absolute Gasteiger partial charge is 0.120 e. The van der Waals surface area contributed by atoms with Gasteiger partial charge in [-0.25, -0.2) is 0 Å². The molecule has 0 aliphatic rings. The highest BCUT2D eigenvalue weighted by Crippen LogP contribution is 2.40. The van der Waals surface area contributed by atoms with Crippen molar-refractivity contribution in [3.63, 3.8) is 0 Å². The molecule has 0 atom stereocenters. The average Bonchev–Trinajstić information content (AvgIpc) is 2.36. The third-order valence-corrected chi connectivity index (χ3v) is 15.9. The van der Waals surface area contributed by atoms with Crippen LogP contribution in [0.5, 0.6) is 0 Å². The largest absolute Gasteiger partial charge is 0.345 e. The third-order valence-electron chi connectivity index (χ3n) is 5.16. The van der Waals surface area contributed by atoms with Crippen LogP contribution in [0.4, 0.5) is 0 Å². The summed E-state index contributed by atoms with van der Waals surface area (Å²) < 4.78 is 2.93. The van der Waals surface area contributed by atoms with E-state index in [-0.39, 0.29) is 0 Å². The molecule has 124 valence electrons. The lowest BCUT2D eigenvalue weighted by Gasteiger charge is -2.52. The summed E-state index contributed by atoms with van der Waals surface area (Å²) in [5.74, 6) is 0. The number of nitrogens with zero attached hydrogens (tertiary/aromatic N) is 1. The summed E-state index contributed by atoms with van der Waals surface area (Å²) in [6.07, 6.45) is 3.06. The van der Waals surface area contributed by atoms with Crippen LogP contribution in [0.1, 0.15) is 31.9 Å². The van der Waals surface area contributed by atoms with E-state index in [9.17, 15) is 0 Å². The van der Waals surface area contributed by atoms with Crippen LogP contribution in [0.15, 0.2) is 30.8 Å². The molecule has 0 N–H and O–H groups in total. The van der Waals surface area contributed by atoms with Crippen LogP contribution in [-0.2, 0) is 6.42 Å². The summed E-state index contributed by atoms with van der Waals surface area (Å²) in [6, 6.07) is 8.86. The van der Waals surface area contributed by atoms with Gasteiger partial charge in [-0.15, -0.1) is 0 Å². The highest BCUT2D eigenvalue weighted by atomic mass is 28.4. The predicted molar refractivity (Wildman–Crippen MR) is 107 cm³/mol. The second-order valence-electron chi connectivity index (χ2n) is 8.83. The zero-order valence-corrected chi connectivity index (χ0v) is 18.0. The number of rotatable bonds is 6. The molecule has 22 heavy (non-hydrogen) atoms. The van der Waals surface area contributed by atoms with Gasteiger partial charge in [0, 0.05) is 0 Å². The first kappa shape index (κ1) is 19.4. The number of hydrogen-bond acceptors (Lipinski definition) is 1. The van der Waals surface area contributed by atoms with Crippen LogP contribution in [-0.4, -0.2) is 27.2 Å². The van der Waals surface area contributed by atoms with E-state index in [0.717, 1.165) is 6.42 Å². The zero-order chi connectivity index (χ0) is 17.2. The van der Waals surface area contributed by atoms with Crippen molar-refractivity contribution in [1.29, 1.82) is 0 Å². The molecule has 3 heteroatoms. The molecule has 1 rings (SSSR count). The Hall–Kier alpha value is -0.646. The Kier molecular flexibility index (Phi) is 6.04. The Morgan fingerprint density at radius 1 is 1.00 bits per heavy atom. The van der Waals surface area contributed by atoms with Crippen LogP contribution in [0.25, 0.3) is 6.08 Å². The van der Waals surface area contributed by atoms with Gasteiger partial charge in [-0.1, -0.05) is 90.4 Å². The van der Waals surface area contributed by atoms with E-state index < -0.39 is 16.5 Å². The van der Waals surface area contributed by atoms with Gasteiger partial charge >= 0.3 is 0 Å². The molecular formula is C19H35NSi2. The molecule has 0 bridgehead atoms. The maximum atomic E-state index is 3.83. The summed E-state index contributed by atoms with van der Waals surface area (Å²) in [6.45, 7) is 24.9. The van der Waals surface area contributed by atoms with Crippen LogP contribution < -0.4 is 0 Å². The summed E-state index contributed by atoms with van der Waals surface area (Å²) in [5, 5.41) is 0.403. The molecule has 0 radical (unpaired) electrons. The van der Waals surface area contributed by atoms with Gasteiger partial charge in [0.15, 0.2) is 0 Å². The van der Waals surface area contributed by atoms with E-state index in [1.165, 1.54) is 17.7 Å². The molecule has 0 saturated carbocycles. The lowest BCUT2D eigenvalue weighted by molar-refractivity contribution is 0.551. The minimum Gasteiger partial charge on any atom is -0.345 e. The minimum absolute atomic E-state index is 0.403. The normalized spacial score (nSPS) is 13.5. The Labute approximate surface area is 140 Å². The summed E-state index contributed by atoms with van der Waals surface area (Å²) in [7, 11) is -2.79. The van der Waals surface area contributed by atoms with Gasteiger partial charge in [0.2, 0.25) is 0 Å². The lowest BCUT2D eigenvalue weighted by atomic mass is 10.1. The summed E-state index contributed by atoms with van der Waals surface area (Å²) in [4.78, 5) is 0. The van der Waals surface area contributed by atoms with Gasteiger partial charge in [-0.2, -0.15) is 0 Å². The fraction of sp³-hybridized carbons (Fsp3) is 0.579. The van der Waals surface area contributed by atoms with Crippen molar-refractivity contribution in [2.45, 2.75) is 65.0 Å². The predicted octanol–water partition coefficient (Wildman–Crippen LogP) is 6.01. The van der Waals surface area contributed by atoms with Crippen LogP contribution in [0.2, 0.25) is 37.8 Å². The second-order valence-corrected chi connectivity index (χ2v) is 19.3. The quantitative estimate of drug-likeness (QED) is 0.576. The number of benzene rings is 1. The van der Waals surface area contributed by atoms with Gasteiger partial charge in [0.05, 0.1) is 0 Å². The topological polar surface area (TPSA) is 3.24 Å². The fourth-order valence-corrected chi connectivity index (χ4v) is 12.9. The standard InChI is InChI=1S/C19H35NSi2/c1-10-17-11-13-18(14-12-17)15-16-20(21(5,6)7)22(8,9)19(2,3)4/h10-14H,1,15-16H2,2-9H3. The molecule has 0 unspecified atom stereocenters. The highest BCUT2D eigenvalue weighted by Gasteiger charge is 2.45. The first-order chi connectivity index (χ1) is 9.89. The van der Waals surface area contributed by atoms with Crippen molar-refractivity contribution in [2.75, 3.05) is 6.54 Å². The molecular weight excluding hydrogens is 298 g/mol. The number of hydrogen-bond donors (Lipinski definition) is 0. The average molecular weight is 334 g/mol. The maximum Gasteiger partial charge on any atom is 0.120 e. The molecule has 0 spiro atoms. The van der Waals surface area contributed by atoms with Gasteiger partial charge in [0.1, 0.15) is 16.5 Å². The molecule has 1 aromatic carbocycles. The molecule has 0 saturated heterocycles. The lowest BCUT2D eigenvalue weighted by Crippen LogP contribution is -2.64. The Morgan fingerprint density at radius 2 is 1.50 bits per heavy atom. The Bertz CT molecular complexity index is 490. The Balaban J connectivity index is 2.93. The van der Waals surface area contributed by atoms with E-state index in [2.05, 4.69) is 88.6 Å². The SMILES string of the molecule is C=Cc1ccc(CCN([Si](C)(C)C)[Si](C)(C)C(C)(C)C)cc1. The van der Waals surface area contributed by atoms with Gasteiger partial charge in [0.25, 0.3) is 0 Å². The third kappa shape index (κ3) is 4.67. The zero-order valence-electron chi connectivity index (χ0n) is 16.0. The monoisotopic (exact) mass is 333 g/mol. The first-order valence-electron chi connectivity index (χ1n) is 8.39. The summed E-state index contributed by atoms with van der Waals surface area (Å²) in [5.41, 5.74) is 2.64. The van der Waals surface area contributed by atoms with E-state index in [1.54, 1.807) is 0 Å². The molecule has 0 fully saturated rings. The molecule has 1 aromatic rings. The van der Waals surface area contributed by atoms with E-state index in [1.807, 2.05) is 6.08 Å². The van der Waals surface area contributed by atoms with Gasteiger partial charge in [-0.3, -0.25) is 0 Å². The Morgan fingerprint density at radius 3 is 1.86 bits per heavy atom. The molecule has 0 amide bonds. The fourth-order valence-electron chi connectivity index (χ4n) is 2.92. The maximum absolute atomic E-state index is 3.83. The van der Waals surface area contributed by atoms with Crippen molar-refractivity contribution in [3.8, 4) is 0 Å². The van der Waals surface area contributed by atoms with Crippen LogP contribution >= 0.6 is 0 Å². The molecule has 1 nitrogen and oxygen atoms in total. The molecule has 0 aromatic heterocycles. The molecule has 0 aliphatic heterocycles. The van der Waals surface area contributed by atoms with Crippen molar-refractivity contribution in [2.24, 2.45) is 0 Å². The second kappa shape index (κ2) is 6.85. The van der Waals surface area contributed by atoms with Gasteiger partial charge in [-0.05, 0) is 29.1 Å².